The summed E-state index contributed by atoms with van der Waals surface area (Å²) in [6.07, 6.45) is -0.0788. The van der Waals surface area contributed by atoms with Crippen molar-refractivity contribution in [3.05, 3.63) is 23.8 Å². The summed E-state index contributed by atoms with van der Waals surface area (Å²) in [6.45, 7) is 0. The quantitative estimate of drug-likeness (QED) is 0.514. The molecule has 0 N–H and O–H groups in total. The van der Waals surface area contributed by atoms with Gasteiger partial charge in [-0.2, -0.15) is 13.2 Å². The Labute approximate surface area is 67.4 Å². The summed E-state index contributed by atoms with van der Waals surface area (Å²) in [7, 11) is 0. The number of allylic oxidation sites excluding steroid dienone is 4. The Morgan fingerprint density at radius 2 is 2.00 bits per heavy atom. The first-order chi connectivity index (χ1) is 5.02. The van der Waals surface area contributed by atoms with Crippen LogP contribution >= 0.6 is 12.2 Å². The highest BCUT2D eigenvalue weighted by atomic mass is 32.1. The minimum absolute atomic E-state index is 0.0278. The van der Waals surface area contributed by atoms with Gasteiger partial charge in [-0.3, -0.25) is 0 Å². The molecule has 11 heavy (non-hydrogen) atoms. The van der Waals surface area contributed by atoms with Gasteiger partial charge < -0.3 is 0 Å². The molecular formula is C7H5F3S. The maximum Gasteiger partial charge on any atom is 0.417 e. The average Bonchev–Trinajstić information content (AvgIpc) is 1.86. The molecule has 1 aliphatic carbocycles. The first kappa shape index (κ1) is 8.46. The molecule has 1 aliphatic rings. The summed E-state index contributed by atoms with van der Waals surface area (Å²) < 4.78 is 36.0. The van der Waals surface area contributed by atoms with Crippen LogP contribution in [0.4, 0.5) is 13.2 Å². The fourth-order valence-corrected chi connectivity index (χ4v) is 1.07. The Hall–Kier alpha value is -0.640. The van der Waals surface area contributed by atoms with Crippen molar-refractivity contribution < 1.29 is 13.2 Å². The van der Waals surface area contributed by atoms with Crippen molar-refractivity contribution in [3.63, 3.8) is 0 Å². The molecule has 0 fully saturated rings. The highest BCUT2D eigenvalue weighted by molar-refractivity contribution is 7.80. The highest BCUT2D eigenvalue weighted by Gasteiger charge is 2.35. The maximum atomic E-state index is 12.0. The Morgan fingerprint density at radius 1 is 1.36 bits per heavy atom. The zero-order valence-corrected chi connectivity index (χ0v) is 6.30. The number of hydrogen-bond donors (Lipinski definition) is 0. The zero-order chi connectivity index (χ0) is 8.48. The number of thiocarbonyl (C=S) groups is 1. The number of halogens is 3. The molecule has 1 rings (SSSR count). The number of rotatable bonds is 0. The standard InChI is InChI=1S/C7H5F3S/c8-7(9,10)5-3-1-2-4-6(5)11/h1-3H,4H2. The fraction of sp³-hybridized carbons (Fsp3) is 0.286. The SMILES string of the molecule is FC(F)(F)C1=CC=CCC1=S. The fourth-order valence-electron chi connectivity index (χ4n) is 0.795. The lowest BCUT2D eigenvalue weighted by Crippen LogP contribution is -2.19. The third-order valence-corrected chi connectivity index (χ3v) is 1.69. The predicted molar refractivity (Wildman–Crippen MR) is 40.5 cm³/mol. The number of alkyl halides is 3. The van der Waals surface area contributed by atoms with Crippen LogP contribution < -0.4 is 0 Å². The van der Waals surface area contributed by atoms with Crippen molar-refractivity contribution in [2.75, 3.05) is 0 Å². The molecule has 0 spiro atoms. The normalized spacial score (nSPS) is 18.5. The summed E-state index contributed by atoms with van der Waals surface area (Å²) in [5, 5.41) is 0. The van der Waals surface area contributed by atoms with Gasteiger partial charge in [0.1, 0.15) is 0 Å². The minimum Gasteiger partial charge on any atom is -0.166 e. The topological polar surface area (TPSA) is 0 Å². The Kier molecular flexibility index (Phi) is 2.13. The molecule has 0 unspecified atom stereocenters. The van der Waals surface area contributed by atoms with Crippen LogP contribution in [-0.2, 0) is 0 Å². The molecule has 0 aliphatic heterocycles. The van der Waals surface area contributed by atoms with E-state index in [-0.39, 0.29) is 11.3 Å². The zero-order valence-electron chi connectivity index (χ0n) is 5.48. The predicted octanol–water partition coefficient (Wildman–Crippen LogP) is 2.80. The molecule has 0 aromatic rings. The highest BCUT2D eigenvalue weighted by Crippen LogP contribution is 2.29. The Bertz CT molecular complexity index is 235. The lowest BCUT2D eigenvalue weighted by Gasteiger charge is -2.13. The molecule has 0 aromatic carbocycles. The van der Waals surface area contributed by atoms with Gasteiger partial charge in [0.25, 0.3) is 0 Å². The second-order valence-electron chi connectivity index (χ2n) is 2.13. The molecule has 0 bridgehead atoms. The molecule has 0 amide bonds. The van der Waals surface area contributed by atoms with Crippen LogP contribution in [0.1, 0.15) is 6.42 Å². The van der Waals surface area contributed by atoms with Crippen molar-refractivity contribution in [3.8, 4) is 0 Å². The molecule has 0 saturated heterocycles. The third kappa shape index (κ3) is 1.89. The van der Waals surface area contributed by atoms with Gasteiger partial charge in [-0.25, -0.2) is 0 Å². The largest absolute Gasteiger partial charge is 0.417 e. The Balaban J connectivity index is 2.93. The lowest BCUT2D eigenvalue weighted by molar-refractivity contribution is -0.0860. The molecule has 0 atom stereocenters. The van der Waals surface area contributed by atoms with Gasteiger partial charge >= 0.3 is 6.18 Å². The van der Waals surface area contributed by atoms with Crippen LogP contribution in [0.25, 0.3) is 0 Å². The summed E-state index contributed by atoms with van der Waals surface area (Å²) >= 11 is 4.54. The molecule has 0 aromatic heterocycles. The smallest absolute Gasteiger partial charge is 0.166 e. The van der Waals surface area contributed by atoms with E-state index in [9.17, 15) is 13.2 Å². The van der Waals surface area contributed by atoms with Crippen molar-refractivity contribution in [2.45, 2.75) is 12.6 Å². The van der Waals surface area contributed by atoms with Gasteiger partial charge in [-0.15, -0.1) is 0 Å². The van der Waals surface area contributed by atoms with E-state index in [1.807, 2.05) is 0 Å². The van der Waals surface area contributed by atoms with Gasteiger partial charge in [-0.1, -0.05) is 24.4 Å². The summed E-state index contributed by atoms with van der Waals surface area (Å²) in [5.41, 5.74) is -0.685. The van der Waals surface area contributed by atoms with Crippen LogP contribution in [0.3, 0.4) is 0 Å². The summed E-state index contributed by atoms with van der Waals surface area (Å²) in [5.74, 6) is 0. The summed E-state index contributed by atoms with van der Waals surface area (Å²) in [6, 6.07) is 0. The van der Waals surface area contributed by atoms with E-state index in [0.29, 0.717) is 0 Å². The van der Waals surface area contributed by atoms with Crippen molar-refractivity contribution in [1.82, 2.24) is 0 Å². The molecule has 0 radical (unpaired) electrons. The molecule has 0 saturated carbocycles. The van der Waals surface area contributed by atoms with E-state index in [0.717, 1.165) is 6.08 Å². The second kappa shape index (κ2) is 2.77. The Morgan fingerprint density at radius 3 is 2.36 bits per heavy atom. The third-order valence-electron chi connectivity index (χ3n) is 1.31. The van der Waals surface area contributed by atoms with Crippen molar-refractivity contribution >= 4 is 17.1 Å². The van der Waals surface area contributed by atoms with E-state index in [2.05, 4.69) is 12.2 Å². The van der Waals surface area contributed by atoms with Crippen LogP contribution in [-0.4, -0.2) is 11.0 Å². The summed E-state index contributed by atoms with van der Waals surface area (Å²) in [4.78, 5) is -0.0278. The minimum atomic E-state index is -4.29. The van der Waals surface area contributed by atoms with E-state index in [4.69, 9.17) is 0 Å². The second-order valence-corrected chi connectivity index (χ2v) is 2.63. The first-order valence-electron chi connectivity index (χ1n) is 2.99. The van der Waals surface area contributed by atoms with Gasteiger partial charge in [0, 0.05) is 11.3 Å². The lowest BCUT2D eigenvalue weighted by atomic mass is 10.0. The van der Waals surface area contributed by atoms with Gasteiger partial charge in [0.2, 0.25) is 0 Å². The van der Waals surface area contributed by atoms with Crippen LogP contribution in [0, 0.1) is 0 Å². The molecule has 4 heteroatoms. The van der Waals surface area contributed by atoms with Gasteiger partial charge in [0.15, 0.2) is 0 Å². The first-order valence-corrected chi connectivity index (χ1v) is 3.40. The number of hydrogen-bond acceptors (Lipinski definition) is 1. The van der Waals surface area contributed by atoms with E-state index in [1.54, 1.807) is 6.08 Å². The van der Waals surface area contributed by atoms with E-state index in [1.165, 1.54) is 6.08 Å². The molecule has 0 heterocycles. The van der Waals surface area contributed by atoms with Crippen LogP contribution in [0.2, 0.25) is 0 Å². The van der Waals surface area contributed by atoms with Crippen molar-refractivity contribution in [1.29, 1.82) is 0 Å². The average molecular weight is 178 g/mol. The maximum absolute atomic E-state index is 12.0. The molecular weight excluding hydrogens is 173 g/mol. The van der Waals surface area contributed by atoms with E-state index < -0.39 is 11.7 Å². The van der Waals surface area contributed by atoms with Gasteiger partial charge in [0.05, 0.1) is 5.57 Å². The van der Waals surface area contributed by atoms with Crippen LogP contribution in [0.15, 0.2) is 23.8 Å². The molecule has 60 valence electrons. The monoisotopic (exact) mass is 178 g/mol. The van der Waals surface area contributed by atoms with Gasteiger partial charge in [-0.05, 0) is 6.08 Å². The van der Waals surface area contributed by atoms with Crippen molar-refractivity contribution in [2.24, 2.45) is 0 Å². The van der Waals surface area contributed by atoms with Crippen LogP contribution in [0.5, 0.6) is 0 Å². The molecule has 0 nitrogen and oxygen atoms in total. The van der Waals surface area contributed by atoms with E-state index >= 15 is 0 Å².